The van der Waals surface area contributed by atoms with E-state index in [-0.39, 0.29) is 18.9 Å². The molecule has 1 aliphatic rings. The lowest BCUT2D eigenvalue weighted by molar-refractivity contribution is -0.137. The van der Waals surface area contributed by atoms with Gasteiger partial charge in [-0.1, -0.05) is 18.1 Å². The molecule has 2 rings (SSSR count). The molecule has 0 atom stereocenters. The number of likely N-dealkylation sites (tertiary alicyclic amines) is 1. The van der Waals surface area contributed by atoms with Gasteiger partial charge in [0.15, 0.2) is 0 Å². The summed E-state index contributed by atoms with van der Waals surface area (Å²) >= 11 is 0. The molecule has 2 heterocycles. The van der Waals surface area contributed by atoms with E-state index in [0.29, 0.717) is 5.69 Å². The lowest BCUT2D eigenvalue weighted by Crippen LogP contribution is -2.35. The second kappa shape index (κ2) is 6.31. The Morgan fingerprint density at radius 3 is 2.53 bits per heavy atom. The normalized spacial score (nSPS) is 16.1. The van der Waals surface area contributed by atoms with Crippen LogP contribution in [0.15, 0.2) is 6.20 Å². The molecule has 0 aliphatic carbocycles. The summed E-state index contributed by atoms with van der Waals surface area (Å²) in [4.78, 5) is 24.7. The number of carbonyl (C=O) groups excluding carboxylic acids is 1. The van der Waals surface area contributed by atoms with Crippen LogP contribution in [-0.2, 0) is 22.6 Å². The van der Waals surface area contributed by atoms with Crippen molar-refractivity contribution < 1.29 is 14.7 Å². The molecule has 0 radical (unpaired) electrons. The second-order valence-corrected chi connectivity index (χ2v) is 4.75. The summed E-state index contributed by atoms with van der Waals surface area (Å²) in [7, 11) is 0. The van der Waals surface area contributed by atoms with Crippen LogP contribution in [0.5, 0.6) is 0 Å². The van der Waals surface area contributed by atoms with Crippen molar-refractivity contribution in [2.45, 2.75) is 38.6 Å². The smallest absolute Gasteiger partial charge is 0.309 e. The monoisotopic (exact) mass is 266 g/mol. The molecule has 1 N–H and O–H groups in total. The van der Waals surface area contributed by atoms with Gasteiger partial charge >= 0.3 is 5.97 Å². The van der Waals surface area contributed by atoms with Gasteiger partial charge in [0.1, 0.15) is 6.54 Å². The average molecular weight is 266 g/mol. The van der Waals surface area contributed by atoms with Crippen molar-refractivity contribution in [1.82, 2.24) is 19.9 Å². The maximum Gasteiger partial charge on any atom is 0.309 e. The maximum atomic E-state index is 12.1. The Bertz CT molecular complexity index is 450. The molecular formula is C12H18N4O3. The van der Waals surface area contributed by atoms with E-state index in [0.717, 1.165) is 38.8 Å². The van der Waals surface area contributed by atoms with Crippen LogP contribution in [0.4, 0.5) is 0 Å². The summed E-state index contributed by atoms with van der Waals surface area (Å²) in [6, 6.07) is 0. The minimum atomic E-state index is -0.953. The third-order valence-corrected chi connectivity index (χ3v) is 3.27. The molecule has 1 fully saturated rings. The zero-order valence-corrected chi connectivity index (χ0v) is 10.8. The highest BCUT2D eigenvalue weighted by Gasteiger charge is 2.18. The van der Waals surface area contributed by atoms with E-state index in [1.165, 1.54) is 10.9 Å². The van der Waals surface area contributed by atoms with E-state index in [1.807, 2.05) is 4.90 Å². The standard InChI is InChI=1S/C12H18N4O3/c17-11(15-5-3-1-2-4-6-15)9-16-10(7-12(18)19)8-13-14-16/h8H,1-7,9H2,(H,18,19). The zero-order chi connectivity index (χ0) is 13.7. The SMILES string of the molecule is O=C(O)Cc1cnnn1CC(=O)N1CCCCCC1. The third-order valence-electron chi connectivity index (χ3n) is 3.27. The predicted octanol–water partition coefficient (Wildman–Crippen LogP) is 0.308. The van der Waals surface area contributed by atoms with Crippen LogP contribution in [-0.4, -0.2) is 50.0 Å². The Morgan fingerprint density at radius 1 is 1.21 bits per heavy atom. The Hall–Kier alpha value is -1.92. The summed E-state index contributed by atoms with van der Waals surface area (Å²) < 4.78 is 1.38. The van der Waals surface area contributed by atoms with Crippen LogP contribution in [0, 0.1) is 0 Å². The topological polar surface area (TPSA) is 88.3 Å². The first-order valence-electron chi connectivity index (χ1n) is 6.54. The fourth-order valence-corrected chi connectivity index (χ4v) is 2.25. The van der Waals surface area contributed by atoms with Crippen molar-refractivity contribution in [2.75, 3.05) is 13.1 Å². The molecule has 7 nitrogen and oxygen atoms in total. The molecule has 0 aromatic carbocycles. The number of aromatic nitrogens is 3. The molecule has 7 heteroatoms. The first-order chi connectivity index (χ1) is 9.16. The molecule has 1 aliphatic heterocycles. The Labute approximate surface area is 111 Å². The molecule has 1 aromatic rings. The van der Waals surface area contributed by atoms with Gasteiger partial charge in [0.2, 0.25) is 5.91 Å². The van der Waals surface area contributed by atoms with E-state index in [4.69, 9.17) is 5.11 Å². The molecular weight excluding hydrogens is 248 g/mol. The Balaban J connectivity index is 1.97. The van der Waals surface area contributed by atoms with Crippen molar-refractivity contribution in [1.29, 1.82) is 0 Å². The Kier molecular flexibility index (Phi) is 4.48. The summed E-state index contributed by atoms with van der Waals surface area (Å²) in [5, 5.41) is 16.2. The zero-order valence-electron chi connectivity index (χ0n) is 10.8. The van der Waals surface area contributed by atoms with Gasteiger partial charge in [0, 0.05) is 13.1 Å². The fourth-order valence-electron chi connectivity index (χ4n) is 2.25. The molecule has 104 valence electrons. The van der Waals surface area contributed by atoms with Gasteiger partial charge < -0.3 is 10.0 Å². The average Bonchev–Trinajstić information content (AvgIpc) is 2.65. The number of nitrogens with zero attached hydrogens (tertiary/aromatic N) is 4. The minimum absolute atomic E-state index is 0.0148. The lowest BCUT2D eigenvalue weighted by Gasteiger charge is -2.20. The van der Waals surface area contributed by atoms with Gasteiger partial charge in [0.05, 0.1) is 18.3 Å². The van der Waals surface area contributed by atoms with Crippen LogP contribution in [0.1, 0.15) is 31.4 Å². The van der Waals surface area contributed by atoms with Crippen molar-refractivity contribution in [3.63, 3.8) is 0 Å². The van der Waals surface area contributed by atoms with Crippen LogP contribution in [0.3, 0.4) is 0 Å². The van der Waals surface area contributed by atoms with Crippen LogP contribution >= 0.6 is 0 Å². The lowest BCUT2D eigenvalue weighted by atomic mass is 10.2. The molecule has 0 unspecified atom stereocenters. The minimum Gasteiger partial charge on any atom is -0.481 e. The first kappa shape index (κ1) is 13.5. The Morgan fingerprint density at radius 2 is 1.89 bits per heavy atom. The fraction of sp³-hybridized carbons (Fsp3) is 0.667. The summed E-state index contributed by atoms with van der Waals surface area (Å²) in [5.74, 6) is -0.968. The molecule has 1 saturated heterocycles. The van der Waals surface area contributed by atoms with E-state index in [1.54, 1.807) is 0 Å². The largest absolute Gasteiger partial charge is 0.481 e. The highest BCUT2D eigenvalue weighted by Crippen LogP contribution is 2.10. The van der Waals surface area contributed by atoms with Crippen LogP contribution in [0.2, 0.25) is 0 Å². The summed E-state index contributed by atoms with van der Waals surface area (Å²) in [6.45, 7) is 1.63. The van der Waals surface area contributed by atoms with Crippen LogP contribution < -0.4 is 0 Å². The van der Waals surface area contributed by atoms with E-state index >= 15 is 0 Å². The number of carbonyl (C=O) groups is 2. The molecule has 1 aromatic heterocycles. The number of carboxylic acids is 1. The summed E-state index contributed by atoms with van der Waals surface area (Å²) in [6.07, 6.45) is 5.62. The predicted molar refractivity (Wildman–Crippen MR) is 66.4 cm³/mol. The molecule has 0 saturated carbocycles. The third kappa shape index (κ3) is 3.77. The number of rotatable bonds is 4. The van der Waals surface area contributed by atoms with E-state index in [9.17, 15) is 9.59 Å². The van der Waals surface area contributed by atoms with Crippen molar-refractivity contribution >= 4 is 11.9 Å². The number of hydrogen-bond acceptors (Lipinski definition) is 4. The quantitative estimate of drug-likeness (QED) is 0.847. The van der Waals surface area contributed by atoms with E-state index < -0.39 is 5.97 Å². The second-order valence-electron chi connectivity index (χ2n) is 4.75. The molecule has 1 amide bonds. The maximum absolute atomic E-state index is 12.1. The number of carboxylic acid groups (broad SMARTS) is 1. The van der Waals surface area contributed by atoms with Gasteiger partial charge in [-0.25, -0.2) is 4.68 Å². The molecule has 0 bridgehead atoms. The number of aliphatic carboxylic acids is 1. The van der Waals surface area contributed by atoms with Crippen LogP contribution in [0.25, 0.3) is 0 Å². The van der Waals surface area contributed by atoms with Gasteiger partial charge in [-0.3, -0.25) is 9.59 Å². The molecule has 19 heavy (non-hydrogen) atoms. The highest BCUT2D eigenvalue weighted by atomic mass is 16.4. The van der Waals surface area contributed by atoms with Gasteiger partial charge in [0.25, 0.3) is 0 Å². The van der Waals surface area contributed by atoms with Gasteiger partial charge in [-0.05, 0) is 12.8 Å². The van der Waals surface area contributed by atoms with E-state index in [2.05, 4.69) is 10.3 Å². The van der Waals surface area contributed by atoms with Gasteiger partial charge in [-0.15, -0.1) is 5.10 Å². The first-order valence-corrected chi connectivity index (χ1v) is 6.54. The highest BCUT2D eigenvalue weighted by molar-refractivity contribution is 5.76. The van der Waals surface area contributed by atoms with Gasteiger partial charge in [-0.2, -0.15) is 0 Å². The number of hydrogen-bond donors (Lipinski definition) is 1. The van der Waals surface area contributed by atoms with Crippen molar-refractivity contribution in [2.24, 2.45) is 0 Å². The number of amides is 1. The van der Waals surface area contributed by atoms with Crippen molar-refractivity contribution in [3.05, 3.63) is 11.9 Å². The van der Waals surface area contributed by atoms with Crippen molar-refractivity contribution in [3.8, 4) is 0 Å². The summed E-state index contributed by atoms with van der Waals surface area (Å²) in [5.41, 5.74) is 0.454. The molecule has 0 spiro atoms.